The van der Waals surface area contributed by atoms with Crippen LogP contribution in [0.4, 0.5) is 0 Å². The second-order valence-corrected chi connectivity index (χ2v) is 8.50. The highest BCUT2D eigenvalue weighted by Gasteiger charge is 2.58. The van der Waals surface area contributed by atoms with Crippen molar-refractivity contribution in [2.24, 2.45) is 16.2 Å². The van der Waals surface area contributed by atoms with E-state index in [-0.39, 0.29) is 25.2 Å². The summed E-state index contributed by atoms with van der Waals surface area (Å²) in [4.78, 5) is 37.2. The molecule has 0 bridgehead atoms. The number of amides is 1. The van der Waals surface area contributed by atoms with E-state index >= 15 is 0 Å². The molecule has 0 spiro atoms. The van der Waals surface area contributed by atoms with Crippen molar-refractivity contribution in [3.63, 3.8) is 0 Å². The van der Waals surface area contributed by atoms with Crippen molar-refractivity contribution in [3.05, 3.63) is 35.9 Å². The highest BCUT2D eigenvalue weighted by molar-refractivity contribution is 5.87. The minimum atomic E-state index is -1.17. The summed E-state index contributed by atoms with van der Waals surface area (Å²) in [6, 6.07) is 9.81. The number of esters is 1. The maximum atomic E-state index is 13.0. The molecule has 0 radical (unpaired) electrons. The fraction of sp³-hybridized carbons (Fsp3) is 0.571. The molecule has 1 amide bonds. The summed E-state index contributed by atoms with van der Waals surface area (Å²) in [5, 5.41) is 12.7. The van der Waals surface area contributed by atoms with Crippen LogP contribution in [-0.2, 0) is 25.5 Å². The van der Waals surface area contributed by atoms with Crippen molar-refractivity contribution >= 4 is 17.8 Å². The van der Waals surface area contributed by atoms with Crippen molar-refractivity contribution in [2.45, 2.75) is 46.5 Å². The lowest BCUT2D eigenvalue weighted by Crippen LogP contribution is -2.54. The molecule has 27 heavy (non-hydrogen) atoms. The van der Waals surface area contributed by atoms with Gasteiger partial charge in [0.1, 0.15) is 0 Å². The summed E-state index contributed by atoms with van der Waals surface area (Å²) in [6.07, 6.45) is 1.27. The number of carboxylic acid groups (broad SMARTS) is 1. The lowest BCUT2D eigenvalue weighted by molar-refractivity contribution is -0.171. The average molecular weight is 375 g/mol. The Kier molecular flexibility index (Phi) is 5.97. The van der Waals surface area contributed by atoms with E-state index in [4.69, 9.17) is 4.74 Å². The van der Waals surface area contributed by atoms with Crippen LogP contribution in [0.3, 0.4) is 0 Å². The summed E-state index contributed by atoms with van der Waals surface area (Å²) >= 11 is 0. The molecule has 6 nitrogen and oxygen atoms in total. The predicted octanol–water partition coefficient (Wildman–Crippen LogP) is 2.81. The number of nitrogens with one attached hydrogen (secondary N) is 1. The number of hydrogen-bond acceptors (Lipinski definition) is 4. The maximum Gasteiger partial charge on any atom is 0.311 e. The number of rotatable bonds is 6. The molecule has 1 aliphatic carbocycles. The molecule has 148 valence electrons. The minimum absolute atomic E-state index is 0.148. The standard InChI is InChI=1S/C21H29NO5/c1-19(16(23)22-11-10-15-8-6-5-7-9-15)12-20(2,17(24)25)14-21(3,13-19)18(26)27-4/h5-9H,10-14H2,1-4H3,(H,22,23)(H,24,25)/t19-,20+,21+/m1/s1. The van der Waals surface area contributed by atoms with Gasteiger partial charge in [-0.1, -0.05) is 37.3 Å². The third-order valence-electron chi connectivity index (χ3n) is 5.63. The predicted molar refractivity (Wildman–Crippen MR) is 101 cm³/mol. The van der Waals surface area contributed by atoms with E-state index in [0.29, 0.717) is 13.0 Å². The second-order valence-electron chi connectivity index (χ2n) is 8.50. The van der Waals surface area contributed by atoms with Crippen molar-refractivity contribution in [1.29, 1.82) is 0 Å². The van der Waals surface area contributed by atoms with Crippen LogP contribution in [0.1, 0.15) is 45.6 Å². The molecule has 1 aliphatic rings. The molecule has 6 heteroatoms. The van der Waals surface area contributed by atoms with Gasteiger partial charge in [-0.2, -0.15) is 0 Å². The first-order valence-electron chi connectivity index (χ1n) is 9.19. The summed E-state index contributed by atoms with van der Waals surface area (Å²) in [5.74, 6) is -1.70. The zero-order valence-corrected chi connectivity index (χ0v) is 16.5. The van der Waals surface area contributed by atoms with Gasteiger partial charge >= 0.3 is 11.9 Å². The number of aliphatic carboxylic acids is 1. The molecule has 1 aromatic carbocycles. The molecule has 0 unspecified atom stereocenters. The molecule has 0 heterocycles. The molecule has 2 rings (SSSR count). The molecule has 0 aliphatic heterocycles. The van der Waals surface area contributed by atoms with Crippen molar-refractivity contribution in [3.8, 4) is 0 Å². The Hall–Kier alpha value is -2.37. The van der Waals surface area contributed by atoms with E-state index < -0.39 is 28.2 Å². The number of carbonyl (C=O) groups is 3. The highest BCUT2D eigenvalue weighted by Crippen LogP contribution is 2.55. The molecule has 0 aromatic heterocycles. The first kappa shape index (κ1) is 20.9. The van der Waals surface area contributed by atoms with E-state index in [2.05, 4.69) is 5.32 Å². The maximum absolute atomic E-state index is 13.0. The van der Waals surface area contributed by atoms with Crippen LogP contribution in [0.15, 0.2) is 30.3 Å². The van der Waals surface area contributed by atoms with Gasteiger partial charge in [0.15, 0.2) is 0 Å². The normalized spacial score (nSPS) is 30.4. The molecule has 1 aromatic rings. The lowest BCUT2D eigenvalue weighted by atomic mass is 9.54. The van der Waals surface area contributed by atoms with Gasteiger partial charge in [0, 0.05) is 12.0 Å². The number of ether oxygens (including phenoxy) is 1. The Morgan fingerprint density at radius 3 is 2.11 bits per heavy atom. The monoisotopic (exact) mass is 375 g/mol. The van der Waals surface area contributed by atoms with Crippen molar-refractivity contribution in [1.82, 2.24) is 5.32 Å². The van der Waals surface area contributed by atoms with Gasteiger partial charge < -0.3 is 15.2 Å². The zero-order valence-electron chi connectivity index (χ0n) is 16.5. The van der Waals surface area contributed by atoms with Gasteiger partial charge in [0.2, 0.25) is 5.91 Å². The smallest absolute Gasteiger partial charge is 0.311 e. The Morgan fingerprint density at radius 2 is 1.56 bits per heavy atom. The minimum Gasteiger partial charge on any atom is -0.481 e. The Bertz CT molecular complexity index is 719. The third-order valence-corrected chi connectivity index (χ3v) is 5.63. The number of carbonyl (C=O) groups excluding carboxylic acids is 2. The number of carboxylic acids is 1. The first-order chi connectivity index (χ1) is 12.5. The second kappa shape index (κ2) is 7.71. The quantitative estimate of drug-likeness (QED) is 0.746. The van der Waals surface area contributed by atoms with Gasteiger partial charge in [-0.3, -0.25) is 14.4 Å². The Morgan fingerprint density at radius 1 is 1.00 bits per heavy atom. The van der Waals surface area contributed by atoms with Crippen LogP contribution in [0.25, 0.3) is 0 Å². The number of benzene rings is 1. The van der Waals surface area contributed by atoms with Crippen LogP contribution in [0, 0.1) is 16.2 Å². The van der Waals surface area contributed by atoms with Gasteiger partial charge in [-0.15, -0.1) is 0 Å². The number of methoxy groups -OCH3 is 1. The Balaban J connectivity index is 2.17. The fourth-order valence-corrected chi connectivity index (χ4v) is 4.65. The number of hydrogen-bond donors (Lipinski definition) is 2. The molecule has 1 fully saturated rings. The summed E-state index contributed by atoms with van der Waals surface area (Å²) in [6.45, 7) is 5.49. The zero-order chi connectivity index (χ0) is 20.3. The highest BCUT2D eigenvalue weighted by atomic mass is 16.5. The molecular weight excluding hydrogens is 346 g/mol. The fourth-order valence-electron chi connectivity index (χ4n) is 4.65. The van der Waals surface area contributed by atoms with Crippen LogP contribution >= 0.6 is 0 Å². The summed E-state index contributed by atoms with van der Waals surface area (Å²) in [5.41, 5.74) is -2.05. The van der Waals surface area contributed by atoms with Crippen molar-refractivity contribution < 1.29 is 24.2 Å². The van der Waals surface area contributed by atoms with Gasteiger partial charge in [0.05, 0.1) is 17.9 Å². The van der Waals surface area contributed by atoms with E-state index in [9.17, 15) is 19.5 Å². The third kappa shape index (κ3) is 4.49. The molecule has 3 atom stereocenters. The Labute approximate surface area is 160 Å². The van der Waals surface area contributed by atoms with E-state index in [1.165, 1.54) is 7.11 Å². The first-order valence-corrected chi connectivity index (χ1v) is 9.19. The SMILES string of the molecule is COC(=O)[C@]1(C)C[C@@](C)(C(=O)O)C[C@@](C)(C(=O)NCCc2ccccc2)C1. The average Bonchev–Trinajstić information content (AvgIpc) is 2.60. The summed E-state index contributed by atoms with van der Waals surface area (Å²) < 4.78 is 4.91. The van der Waals surface area contributed by atoms with Gasteiger partial charge in [-0.05, 0) is 45.1 Å². The largest absolute Gasteiger partial charge is 0.481 e. The van der Waals surface area contributed by atoms with Crippen LogP contribution in [0.2, 0.25) is 0 Å². The van der Waals surface area contributed by atoms with Gasteiger partial charge in [0.25, 0.3) is 0 Å². The molecule has 0 saturated heterocycles. The van der Waals surface area contributed by atoms with E-state index in [1.807, 2.05) is 30.3 Å². The molecule has 2 N–H and O–H groups in total. The molecule has 1 saturated carbocycles. The molecular formula is C21H29NO5. The van der Waals surface area contributed by atoms with Crippen LogP contribution < -0.4 is 5.32 Å². The topological polar surface area (TPSA) is 92.7 Å². The van der Waals surface area contributed by atoms with E-state index in [1.54, 1.807) is 20.8 Å². The summed E-state index contributed by atoms with van der Waals surface area (Å²) in [7, 11) is 1.29. The van der Waals surface area contributed by atoms with Gasteiger partial charge in [-0.25, -0.2) is 0 Å². The van der Waals surface area contributed by atoms with Crippen LogP contribution in [0.5, 0.6) is 0 Å². The van der Waals surface area contributed by atoms with Crippen LogP contribution in [-0.4, -0.2) is 36.6 Å². The van der Waals surface area contributed by atoms with E-state index in [0.717, 1.165) is 5.56 Å². The van der Waals surface area contributed by atoms with Crippen molar-refractivity contribution in [2.75, 3.05) is 13.7 Å². The lowest BCUT2D eigenvalue weighted by Gasteiger charge is -2.48.